The SMILES string of the molecule is O=C(O)CCCCC1=C[C@H]2C[C@@H](O)[C@@H](C=C[C@@H](O)C3CCCC3)[C@H]2C1. The molecule has 0 radical (unpaired) electrons. The number of rotatable bonds is 8. The van der Waals surface area contributed by atoms with E-state index < -0.39 is 5.97 Å². The quantitative estimate of drug-likeness (QED) is 0.462. The van der Waals surface area contributed by atoms with Crippen LogP contribution in [0.25, 0.3) is 0 Å². The summed E-state index contributed by atoms with van der Waals surface area (Å²) in [6.07, 6.45) is 15.1. The maximum absolute atomic E-state index is 10.6. The normalized spacial score (nSPS) is 33.8. The highest BCUT2D eigenvalue weighted by Gasteiger charge is 2.43. The Morgan fingerprint density at radius 2 is 2.04 bits per heavy atom. The van der Waals surface area contributed by atoms with Crippen molar-refractivity contribution in [2.75, 3.05) is 0 Å². The number of hydrogen-bond acceptors (Lipinski definition) is 3. The van der Waals surface area contributed by atoms with Gasteiger partial charge in [0.15, 0.2) is 0 Å². The first-order valence-corrected chi connectivity index (χ1v) is 10.0. The van der Waals surface area contributed by atoms with Crippen LogP contribution in [0.15, 0.2) is 23.8 Å². The van der Waals surface area contributed by atoms with Gasteiger partial charge in [0.2, 0.25) is 0 Å². The van der Waals surface area contributed by atoms with Crippen molar-refractivity contribution in [2.45, 2.75) is 76.4 Å². The molecule has 2 saturated carbocycles. The molecule has 0 heterocycles. The van der Waals surface area contributed by atoms with Crippen LogP contribution in [-0.2, 0) is 4.79 Å². The number of carboxylic acids is 1. The summed E-state index contributed by atoms with van der Waals surface area (Å²) in [6, 6.07) is 0. The molecule has 0 aromatic rings. The molecule has 0 aromatic heterocycles. The van der Waals surface area contributed by atoms with Crippen molar-refractivity contribution in [2.24, 2.45) is 23.7 Å². The van der Waals surface area contributed by atoms with Crippen molar-refractivity contribution in [3.8, 4) is 0 Å². The van der Waals surface area contributed by atoms with Crippen molar-refractivity contribution < 1.29 is 20.1 Å². The van der Waals surface area contributed by atoms with Crippen LogP contribution in [0.1, 0.15) is 64.2 Å². The summed E-state index contributed by atoms with van der Waals surface area (Å²) in [4.78, 5) is 10.6. The molecule has 3 N–H and O–H groups in total. The Kier molecular flexibility index (Phi) is 6.34. The fourth-order valence-electron chi connectivity index (χ4n) is 5.12. The lowest BCUT2D eigenvalue weighted by Crippen LogP contribution is -2.19. The van der Waals surface area contributed by atoms with Crippen molar-refractivity contribution in [1.82, 2.24) is 0 Å². The molecule has 0 amide bonds. The van der Waals surface area contributed by atoms with Crippen LogP contribution in [0.3, 0.4) is 0 Å². The van der Waals surface area contributed by atoms with Crippen molar-refractivity contribution in [3.63, 3.8) is 0 Å². The molecule has 140 valence electrons. The molecule has 0 bridgehead atoms. The van der Waals surface area contributed by atoms with Crippen molar-refractivity contribution in [1.29, 1.82) is 0 Å². The van der Waals surface area contributed by atoms with Gasteiger partial charge >= 0.3 is 5.97 Å². The predicted molar refractivity (Wildman–Crippen MR) is 97.0 cm³/mol. The first-order valence-electron chi connectivity index (χ1n) is 10.0. The third-order valence-electron chi connectivity index (χ3n) is 6.50. The number of carboxylic acid groups (broad SMARTS) is 1. The summed E-state index contributed by atoms with van der Waals surface area (Å²) in [7, 11) is 0. The molecule has 3 rings (SSSR count). The number of aliphatic carboxylic acids is 1. The van der Waals surface area contributed by atoms with Crippen molar-refractivity contribution >= 4 is 5.97 Å². The van der Waals surface area contributed by atoms with Gasteiger partial charge in [-0.1, -0.05) is 36.6 Å². The van der Waals surface area contributed by atoms with Crippen LogP contribution in [-0.4, -0.2) is 33.5 Å². The molecule has 4 nitrogen and oxygen atoms in total. The molecule has 0 unspecified atom stereocenters. The van der Waals surface area contributed by atoms with E-state index in [1.54, 1.807) is 0 Å². The van der Waals surface area contributed by atoms with Gasteiger partial charge in [0.25, 0.3) is 0 Å². The Morgan fingerprint density at radius 3 is 2.76 bits per heavy atom. The molecule has 0 aliphatic heterocycles. The summed E-state index contributed by atoms with van der Waals surface area (Å²) >= 11 is 0. The van der Waals surface area contributed by atoms with Gasteiger partial charge in [0.1, 0.15) is 0 Å². The highest BCUT2D eigenvalue weighted by molar-refractivity contribution is 5.66. The van der Waals surface area contributed by atoms with E-state index in [0.717, 1.165) is 44.9 Å². The van der Waals surface area contributed by atoms with Crippen LogP contribution in [0.4, 0.5) is 0 Å². The van der Waals surface area contributed by atoms with Gasteiger partial charge in [0, 0.05) is 12.3 Å². The molecule has 0 spiro atoms. The Morgan fingerprint density at radius 1 is 1.28 bits per heavy atom. The lowest BCUT2D eigenvalue weighted by molar-refractivity contribution is -0.137. The molecule has 0 saturated heterocycles. The predicted octanol–water partition coefficient (Wildman–Crippen LogP) is 3.68. The Labute approximate surface area is 150 Å². The number of hydrogen-bond donors (Lipinski definition) is 3. The molecular formula is C21H32O4. The highest BCUT2D eigenvalue weighted by Crippen LogP contribution is 2.48. The first-order chi connectivity index (χ1) is 12.0. The fourth-order valence-corrected chi connectivity index (χ4v) is 5.12. The average Bonchev–Trinajstić information content (AvgIpc) is 3.26. The van der Waals surface area contributed by atoms with Gasteiger partial charge in [-0.25, -0.2) is 0 Å². The van der Waals surface area contributed by atoms with Gasteiger partial charge in [-0.05, 0) is 62.7 Å². The average molecular weight is 348 g/mol. The molecule has 4 heteroatoms. The van der Waals surface area contributed by atoms with E-state index in [1.165, 1.54) is 18.4 Å². The van der Waals surface area contributed by atoms with E-state index in [9.17, 15) is 15.0 Å². The molecule has 25 heavy (non-hydrogen) atoms. The third kappa shape index (κ3) is 4.73. The topological polar surface area (TPSA) is 77.8 Å². The zero-order valence-electron chi connectivity index (χ0n) is 15.0. The third-order valence-corrected chi connectivity index (χ3v) is 6.50. The van der Waals surface area contributed by atoms with E-state index in [4.69, 9.17) is 5.11 Å². The van der Waals surface area contributed by atoms with E-state index in [1.807, 2.05) is 6.08 Å². The van der Waals surface area contributed by atoms with Crippen LogP contribution in [0, 0.1) is 23.7 Å². The lowest BCUT2D eigenvalue weighted by Gasteiger charge is -2.20. The maximum Gasteiger partial charge on any atom is 0.303 e. The smallest absolute Gasteiger partial charge is 0.303 e. The Bertz CT molecular complexity index is 518. The van der Waals surface area contributed by atoms with Gasteiger partial charge in [-0.2, -0.15) is 0 Å². The summed E-state index contributed by atoms with van der Waals surface area (Å²) in [5, 5.41) is 29.5. The molecule has 3 aliphatic rings. The molecule has 3 aliphatic carbocycles. The maximum atomic E-state index is 10.6. The van der Waals surface area contributed by atoms with Crippen molar-refractivity contribution in [3.05, 3.63) is 23.8 Å². The van der Waals surface area contributed by atoms with Gasteiger partial charge in [-0.15, -0.1) is 0 Å². The summed E-state index contributed by atoms with van der Waals surface area (Å²) in [6.45, 7) is 0. The molecule has 0 aromatic carbocycles. The number of allylic oxidation sites excluding steroid dienone is 2. The zero-order valence-corrected chi connectivity index (χ0v) is 15.0. The monoisotopic (exact) mass is 348 g/mol. The summed E-state index contributed by atoms with van der Waals surface area (Å²) < 4.78 is 0. The van der Waals surface area contributed by atoms with Gasteiger partial charge in [0.05, 0.1) is 12.2 Å². The lowest BCUT2D eigenvalue weighted by atomic mass is 9.88. The van der Waals surface area contributed by atoms with Gasteiger partial charge < -0.3 is 15.3 Å². The van der Waals surface area contributed by atoms with E-state index in [-0.39, 0.29) is 24.5 Å². The Hall–Kier alpha value is -1.13. The van der Waals surface area contributed by atoms with Crippen LogP contribution >= 0.6 is 0 Å². The molecule has 5 atom stereocenters. The first kappa shape index (κ1) is 18.7. The molecule has 2 fully saturated rings. The Balaban J connectivity index is 1.49. The minimum atomic E-state index is -0.716. The minimum Gasteiger partial charge on any atom is -0.481 e. The standard InChI is InChI=1S/C21H32O4/c22-19(15-6-2-3-7-15)10-9-17-18-12-14(5-1-4-8-21(24)25)11-16(18)13-20(17)23/h9-11,15-20,22-23H,1-8,12-13H2,(H,24,25)/t16-,17-,18-,19+,20+/m0/s1. The number of aliphatic hydroxyl groups is 2. The van der Waals surface area contributed by atoms with Gasteiger partial charge in [-0.3, -0.25) is 4.79 Å². The summed E-state index contributed by atoms with van der Waals surface area (Å²) in [5.74, 6) is 0.733. The van der Waals surface area contributed by atoms with Crippen LogP contribution < -0.4 is 0 Å². The van der Waals surface area contributed by atoms with E-state index in [2.05, 4.69) is 12.2 Å². The van der Waals surface area contributed by atoms with E-state index >= 15 is 0 Å². The second kappa shape index (κ2) is 8.50. The van der Waals surface area contributed by atoms with E-state index in [0.29, 0.717) is 17.8 Å². The number of unbranched alkanes of at least 4 members (excludes halogenated alkanes) is 1. The zero-order chi connectivity index (χ0) is 17.8. The molecular weight excluding hydrogens is 316 g/mol. The second-order valence-corrected chi connectivity index (χ2v) is 8.26. The number of aliphatic hydroxyl groups excluding tert-OH is 2. The summed E-state index contributed by atoms with van der Waals surface area (Å²) in [5.41, 5.74) is 1.43. The largest absolute Gasteiger partial charge is 0.481 e. The minimum absolute atomic E-state index is 0.147. The number of carbonyl (C=O) groups is 1. The fraction of sp³-hybridized carbons (Fsp3) is 0.762. The highest BCUT2D eigenvalue weighted by atomic mass is 16.4. The van der Waals surface area contributed by atoms with Crippen LogP contribution in [0.2, 0.25) is 0 Å². The second-order valence-electron chi connectivity index (χ2n) is 8.26. The number of fused-ring (bicyclic) bond motifs is 1. The van der Waals surface area contributed by atoms with Crippen LogP contribution in [0.5, 0.6) is 0 Å².